The molecule has 35 heteroatoms. The summed E-state index contributed by atoms with van der Waals surface area (Å²) in [6.07, 6.45) is 1.49. The molecule has 3 aliphatic heterocycles. The molecule has 12 rings (SSSR count). The minimum atomic E-state index is -4.69. The van der Waals surface area contributed by atoms with Crippen LogP contribution in [0.5, 0.6) is 17.2 Å². The van der Waals surface area contributed by atoms with Crippen LogP contribution < -0.4 is 19.9 Å². The maximum absolute atomic E-state index is 12.9. The van der Waals surface area contributed by atoms with Crippen molar-refractivity contribution in [2.75, 3.05) is 104 Å². The molecule has 103 heavy (non-hydrogen) atoms. The van der Waals surface area contributed by atoms with Gasteiger partial charge in [0.2, 0.25) is 5.75 Å². The number of piperazine rings is 3. The second-order valence-corrected chi connectivity index (χ2v) is 29.5. The van der Waals surface area contributed by atoms with E-state index in [9.17, 15) is 73.5 Å². The minimum Gasteiger partial charge on any atom is -0.483 e. The van der Waals surface area contributed by atoms with Crippen LogP contribution in [0.4, 0.5) is 17.1 Å². The molecule has 0 aliphatic carbocycles. The van der Waals surface area contributed by atoms with E-state index in [-0.39, 0.29) is 68.0 Å². The van der Waals surface area contributed by atoms with E-state index in [0.717, 1.165) is 74.7 Å². The number of anilines is 1. The number of fused-ring (bicyclic) bond motifs is 3. The van der Waals surface area contributed by atoms with Gasteiger partial charge in [-0.15, -0.1) is 0 Å². The summed E-state index contributed by atoms with van der Waals surface area (Å²) in [5, 5.41) is 26.5. The first-order valence-electron chi connectivity index (χ1n) is 31.6. The number of nitro groups is 2. The first kappa shape index (κ1) is 76.2. The molecule has 0 unspecified atom stereocenters. The number of benzene rings is 8. The van der Waals surface area contributed by atoms with Crippen LogP contribution in [-0.2, 0) is 64.4 Å². The predicted molar refractivity (Wildman–Crippen MR) is 383 cm³/mol. The number of pyridine rings is 1. The molecule has 9 aromatic rings. The van der Waals surface area contributed by atoms with Gasteiger partial charge in [0.1, 0.15) is 21.9 Å². The number of carbonyl (C=O) groups is 3. The number of hydrogen-bond acceptors (Lipinski definition) is 21. The predicted octanol–water partition coefficient (Wildman–Crippen LogP) is 9.18. The maximum atomic E-state index is 12.9. The highest BCUT2D eigenvalue weighted by atomic mass is 35.5. The molecule has 3 amide bonds. The van der Waals surface area contributed by atoms with Crippen LogP contribution in [0.25, 0.3) is 32.4 Å². The van der Waals surface area contributed by atoms with E-state index in [0.29, 0.717) is 90.4 Å². The lowest BCUT2D eigenvalue weighted by Gasteiger charge is -2.34. The number of nitro benzene ring substituents is 2. The Labute approximate surface area is 605 Å². The Bertz CT molecular complexity index is 5010. The fraction of sp³-hybridized carbons (Fsp3) is 0.265. The molecule has 4 heterocycles. The largest absolute Gasteiger partial charge is 0.483 e. The average Bonchev–Trinajstić information content (AvgIpc) is 0.756. The molecule has 3 fully saturated rings. The van der Waals surface area contributed by atoms with Gasteiger partial charge in [-0.3, -0.25) is 68.0 Å². The van der Waals surface area contributed by atoms with Crippen LogP contribution in [-0.4, -0.2) is 199 Å². The summed E-state index contributed by atoms with van der Waals surface area (Å²) < 4.78 is 115. The van der Waals surface area contributed by atoms with Crippen molar-refractivity contribution in [1.29, 1.82) is 0 Å². The number of ether oxygens (including phenoxy) is 3. The third-order valence-corrected chi connectivity index (χ3v) is 20.4. The van der Waals surface area contributed by atoms with Crippen molar-refractivity contribution < 1.29 is 77.4 Å². The summed E-state index contributed by atoms with van der Waals surface area (Å²) in [4.78, 5) is 74.2. The number of nitrogen functional groups attached to an aromatic ring is 1. The SMILES string of the molecule is Nc1ccc2cc(S(=O)(=O)O)cc(OCC(=O)N3CCN(Cc4ccc(Cl)cc4)CC3)c2c1.O=C(COc1c([N+](=O)[O-])c([N+](=O)[O-])cc2ccc(S(=O)(=O)O)cc12)N1CCN(Cc2ccc(Cl)cc2)CC1.O=C(COc1ccc(S(=O)(=O)O)c2cccnc12)N1CCN(Cc2ccc(Cl)cc2)CC1. The smallest absolute Gasteiger partial charge is 0.388 e. The maximum Gasteiger partial charge on any atom is 0.388 e. The third kappa shape index (κ3) is 20.3. The number of aromatic nitrogens is 1. The van der Waals surface area contributed by atoms with Gasteiger partial charge in [-0.05, 0) is 118 Å². The Hall–Kier alpha value is -9.42. The third-order valence-electron chi connectivity index (χ3n) is 17.1. The van der Waals surface area contributed by atoms with Gasteiger partial charge in [0.15, 0.2) is 19.8 Å². The minimum absolute atomic E-state index is 0.0490. The van der Waals surface area contributed by atoms with Gasteiger partial charge in [-0.25, -0.2) is 0 Å². The summed E-state index contributed by atoms with van der Waals surface area (Å²) in [6.45, 7) is 8.25. The molecule has 1 aromatic heterocycles. The highest BCUT2D eigenvalue weighted by molar-refractivity contribution is 7.86. The van der Waals surface area contributed by atoms with Crippen molar-refractivity contribution in [2.45, 2.75) is 34.3 Å². The van der Waals surface area contributed by atoms with E-state index in [1.807, 2.05) is 60.7 Å². The zero-order valence-corrected chi connectivity index (χ0v) is 59.3. The van der Waals surface area contributed by atoms with Crippen molar-refractivity contribution in [3.8, 4) is 17.2 Å². The van der Waals surface area contributed by atoms with Crippen molar-refractivity contribution in [2.24, 2.45) is 0 Å². The summed E-state index contributed by atoms with van der Waals surface area (Å²) in [5.41, 5.74) is 8.06. The molecule has 0 bridgehead atoms. The molecule has 0 saturated carbocycles. The first-order chi connectivity index (χ1) is 48.9. The topological polar surface area (TPSA) is 387 Å². The fourth-order valence-corrected chi connectivity index (χ4v) is 13.8. The van der Waals surface area contributed by atoms with Crippen molar-refractivity contribution >= 4 is 132 Å². The van der Waals surface area contributed by atoms with Gasteiger partial charge < -0.3 is 34.6 Å². The zero-order valence-electron chi connectivity index (χ0n) is 54.6. The van der Waals surface area contributed by atoms with E-state index in [4.69, 9.17) is 54.7 Å². The van der Waals surface area contributed by atoms with Crippen molar-refractivity contribution in [3.05, 3.63) is 210 Å². The van der Waals surface area contributed by atoms with Crippen LogP contribution in [0.3, 0.4) is 0 Å². The van der Waals surface area contributed by atoms with Gasteiger partial charge in [0, 0.05) is 153 Å². The average molecular weight is 1530 g/mol. The number of amides is 3. The second-order valence-electron chi connectivity index (χ2n) is 24.0. The molecule has 0 atom stereocenters. The molecule has 29 nitrogen and oxygen atoms in total. The molecule has 5 N–H and O–H groups in total. The number of rotatable bonds is 20. The van der Waals surface area contributed by atoms with Gasteiger partial charge >= 0.3 is 11.4 Å². The lowest BCUT2D eigenvalue weighted by Crippen LogP contribution is -2.49. The molecular formula is C68H67Cl3N10O19S3. The summed E-state index contributed by atoms with van der Waals surface area (Å²) in [7, 11) is -13.5. The molecule has 3 aliphatic rings. The summed E-state index contributed by atoms with van der Waals surface area (Å²) in [5.74, 6) is -1.05. The standard InChI is InChI=1S/C23H21ClN4O9S.C23H24ClN3O5S.C22H22ClN3O5S/c24-17-4-1-15(2-5-17)13-25-7-9-26(10-8-25)21(29)14-37-23-19-12-18(38(34,35)36)6-3-16(19)11-20(27(30)31)22(23)28(32)33;24-18-4-1-16(2-5-18)14-26-7-9-27(10-8-26)23(28)15-32-22-13-20(33(29,30)31)11-17-3-6-19(25)12-21(17)22;23-17-5-3-16(4-6-17)14-25-10-12-26(13-11-25)21(27)15-31-19-7-8-20(32(28,29)30)18-2-1-9-24-22(18)19/h1-6,11-12H,7-10,13-14H2,(H,34,35,36);1-6,11-13H,7-10,14-15,25H2,(H,29,30,31);1-9H,10-15H2,(H,28,29,30). The van der Waals surface area contributed by atoms with Crippen LogP contribution in [0.15, 0.2) is 173 Å². The molecule has 0 radical (unpaired) electrons. The van der Waals surface area contributed by atoms with Gasteiger partial charge in [-0.2, -0.15) is 25.3 Å². The lowest BCUT2D eigenvalue weighted by atomic mass is 10.1. The molecule has 542 valence electrons. The molecule has 0 spiro atoms. The first-order valence-corrected chi connectivity index (χ1v) is 37.0. The number of halogens is 3. The van der Waals surface area contributed by atoms with Crippen molar-refractivity contribution in [1.82, 2.24) is 34.4 Å². The zero-order chi connectivity index (χ0) is 73.9. The molecule has 3 saturated heterocycles. The number of hydrogen-bond donors (Lipinski definition) is 4. The van der Waals surface area contributed by atoms with Gasteiger partial charge in [-0.1, -0.05) is 83.3 Å². The molecular weight excluding hydrogens is 1460 g/mol. The van der Waals surface area contributed by atoms with E-state index >= 15 is 0 Å². The lowest BCUT2D eigenvalue weighted by molar-refractivity contribution is -0.422. The van der Waals surface area contributed by atoms with Crippen LogP contribution in [0.1, 0.15) is 16.7 Å². The monoisotopic (exact) mass is 1530 g/mol. The Balaban J connectivity index is 0.000000167. The second kappa shape index (κ2) is 33.4. The highest BCUT2D eigenvalue weighted by Gasteiger charge is 2.35. The van der Waals surface area contributed by atoms with Gasteiger partial charge in [0.25, 0.3) is 48.1 Å². The Morgan fingerprint density at radius 2 is 0.903 bits per heavy atom. The summed E-state index contributed by atoms with van der Waals surface area (Å²) in [6, 6.07) is 40.0. The fourth-order valence-electron chi connectivity index (χ4n) is 11.7. The Morgan fingerprint density at radius 3 is 1.34 bits per heavy atom. The van der Waals surface area contributed by atoms with E-state index in [1.54, 1.807) is 46.2 Å². The van der Waals surface area contributed by atoms with E-state index < -0.39 is 74.7 Å². The van der Waals surface area contributed by atoms with Gasteiger partial charge in [0.05, 0.1) is 19.6 Å². The quantitative estimate of drug-likeness (QED) is 0.0239. The molecule has 8 aromatic carbocycles. The number of carbonyl (C=O) groups excluding carboxylic acids is 3. The van der Waals surface area contributed by atoms with E-state index in [1.165, 1.54) is 47.0 Å². The highest BCUT2D eigenvalue weighted by Crippen LogP contribution is 2.44. The van der Waals surface area contributed by atoms with Crippen molar-refractivity contribution in [3.63, 3.8) is 0 Å². The van der Waals surface area contributed by atoms with E-state index in [2.05, 4.69) is 19.7 Å². The van der Waals surface area contributed by atoms with Crippen LogP contribution in [0, 0.1) is 20.2 Å². The van der Waals surface area contributed by atoms with Crippen LogP contribution >= 0.6 is 34.8 Å². The number of nitrogens with two attached hydrogens (primary N) is 1. The number of nitrogens with zero attached hydrogens (tertiary/aromatic N) is 9. The van der Waals surface area contributed by atoms with Crippen LogP contribution in [0.2, 0.25) is 15.1 Å². The summed E-state index contributed by atoms with van der Waals surface area (Å²) >= 11 is 17.8. The Kier molecular flexibility index (Phi) is 24.7. The normalized spacial score (nSPS) is 14.8. The Morgan fingerprint density at radius 1 is 0.466 bits per heavy atom.